The largest absolute Gasteiger partial charge is 0.452 e. The zero-order chi connectivity index (χ0) is 17.5. The van der Waals surface area contributed by atoms with Crippen LogP contribution in [0.3, 0.4) is 0 Å². The first kappa shape index (κ1) is 17.4. The van der Waals surface area contributed by atoms with Crippen LogP contribution >= 0.6 is 15.9 Å². The van der Waals surface area contributed by atoms with Crippen LogP contribution in [-0.2, 0) is 14.3 Å². The van der Waals surface area contributed by atoms with Gasteiger partial charge in [0, 0.05) is 16.2 Å². The van der Waals surface area contributed by atoms with E-state index in [2.05, 4.69) is 21.2 Å². The molecule has 1 amide bonds. The molecule has 0 aliphatic heterocycles. The van der Waals surface area contributed by atoms with E-state index >= 15 is 0 Å². The van der Waals surface area contributed by atoms with Crippen molar-refractivity contribution in [3.05, 3.63) is 62.8 Å². The number of halogens is 1. The van der Waals surface area contributed by atoms with Gasteiger partial charge in [0.05, 0.1) is 6.07 Å². The minimum absolute atomic E-state index is 0.123. The average Bonchev–Trinajstić information content (AvgIpc) is 3.02. The lowest BCUT2D eigenvalue weighted by Crippen LogP contribution is -2.20. The van der Waals surface area contributed by atoms with Crippen molar-refractivity contribution >= 4 is 45.5 Å². The molecule has 1 N–H and O–H groups in total. The van der Waals surface area contributed by atoms with E-state index in [0.29, 0.717) is 5.69 Å². The van der Waals surface area contributed by atoms with Crippen molar-refractivity contribution in [1.29, 1.82) is 0 Å². The maximum absolute atomic E-state index is 11.6. The molecule has 1 aromatic heterocycles. The van der Waals surface area contributed by atoms with Crippen molar-refractivity contribution in [2.75, 3.05) is 11.9 Å². The number of esters is 1. The molecule has 2 aromatic rings. The van der Waals surface area contributed by atoms with Crippen LogP contribution in [0.5, 0.6) is 0 Å². The second-order valence-corrected chi connectivity index (χ2v) is 5.34. The maximum atomic E-state index is 11.6. The number of amides is 1. The van der Waals surface area contributed by atoms with Crippen molar-refractivity contribution in [2.45, 2.75) is 0 Å². The summed E-state index contributed by atoms with van der Waals surface area (Å²) < 4.78 is 10.5. The molecule has 0 bridgehead atoms. The molecule has 0 saturated heterocycles. The lowest BCUT2D eigenvalue weighted by molar-refractivity contribution is -0.402. The molecule has 124 valence electrons. The maximum Gasteiger partial charge on any atom is 0.433 e. The number of nitrogens with zero attached hydrogens (tertiary/aromatic N) is 1. The first-order valence-electron chi connectivity index (χ1n) is 6.58. The van der Waals surface area contributed by atoms with Gasteiger partial charge < -0.3 is 14.5 Å². The van der Waals surface area contributed by atoms with Gasteiger partial charge in [-0.1, -0.05) is 15.9 Å². The molecule has 8 nitrogen and oxygen atoms in total. The molecule has 9 heteroatoms. The minimum atomic E-state index is -0.778. The number of hydrogen-bond donors (Lipinski definition) is 1. The van der Waals surface area contributed by atoms with Crippen LogP contribution in [-0.4, -0.2) is 23.4 Å². The van der Waals surface area contributed by atoms with Crippen LogP contribution < -0.4 is 5.32 Å². The minimum Gasteiger partial charge on any atom is -0.452 e. The van der Waals surface area contributed by atoms with Gasteiger partial charge in [0.2, 0.25) is 0 Å². The predicted octanol–water partition coefficient (Wildman–Crippen LogP) is 3.15. The summed E-state index contributed by atoms with van der Waals surface area (Å²) in [6.45, 7) is -0.461. The van der Waals surface area contributed by atoms with Gasteiger partial charge in [-0.15, -0.1) is 0 Å². The van der Waals surface area contributed by atoms with Gasteiger partial charge in [-0.25, -0.2) is 4.79 Å². The Morgan fingerprint density at radius 3 is 2.58 bits per heavy atom. The summed E-state index contributed by atoms with van der Waals surface area (Å²) in [5.74, 6) is -1.58. The summed E-state index contributed by atoms with van der Waals surface area (Å²) in [6.07, 6.45) is 2.22. The monoisotopic (exact) mass is 394 g/mol. The third kappa shape index (κ3) is 5.36. The van der Waals surface area contributed by atoms with Gasteiger partial charge in [-0.05, 0) is 36.4 Å². The molecular weight excluding hydrogens is 384 g/mol. The highest BCUT2D eigenvalue weighted by Crippen LogP contribution is 2.16. The Balaban J connectivity index is 1.79. The summed E-state index contributed by atoms with van der Waals surface area (Å²) in [7, 11) is 0. The lowest BCUT2D eigenvalue weighted by atomic mass is 10.3. The number of carbonyl (C=O) groups is 2. The molecule has 1 aromatic carbocycles. The molecule has 24 heavy (non-hydrogen) atoms. The number of furan rings is 1. The fourth-order valence-corrected chi connectivity index (χ4v) is 1.86. The Hall–Kier alpha value is -2.94. The van der Waals surface area contributed by atoms with Gasteiger partial charge in [0.1, 0.15) is 10.7 Å². The number of rotatable bonds is 6. The number of carbonyl (C=O) groups excluding carboxylic acids is 2. The highest BCUT2D eigenvalue weighted by Gasteiger charge is 2.10. The Labute approximate surface area is 144 Å². The molecule has 1 heterocycles. The molecule has 0 spiro atoms. The zero-order valence-corrected chi connectivity index (χ0v) is 13.7. The molecule has 0 aliphatic carbocycles. The van der Waals surface area contributed by atoms with Crippen molar-refractivity contribution in [2.24, 2.45) is 0 Å². The van der Waals surface area contributed by atoms with Crippen molar-refractivity contribution in [1.82, 2.24) is 0 Å². The molecule has 0 fully saturated rings. The second-order valence-electron chi connectivity index (χ2n) is 4.43. The molecular formula is C15H11BrN2O6. The van der Waals surface area contributed by atoms with Crippen LogP contribution in [0.4, 0.5) is 11.6 Å². The highest BCUT2D eigenvalue weighted by atomic mass is 79.9. The van der Waals surface area contributed by atoms with Crippen molar-refractivity contribution < 1.29 is 23.7 Å². The van der Waals surface area contributed by atoms with Gasteiger partial charge in [0.25, 0.3) is 5.91 Å². The Morgan fingerprint density at radius 1 is 1.25 bits per heavy atom. The fourth-order valence-electron chi connectivity index (χ4n) is 1.60. The molecule has 0 saturated carbocycles. The van der Waals surface area contributed by atoms with E-state index in [1.807, 2.05) is 0 Å². The van der Waals surface area contributed by atoms with Crippen LogP contribution in [0.2, 0.25) is 0 Å². The summed E-state index contributed by atoms with van der Waals surface area (Å²) in [5.41, 5.74) is 0.567. The SMILES string of the molecule is O=C(COC(=O)/C=C/c1ccc([N+](=O)[O-])o1)Nc1ccc(Br)cc1. The first-order chi connectivity index (χ1) is 11.4. The van der Waals surface area contributed by atoms with Crippen LogP contribution in [0.15, 0.2) is 51.4 Å². The Kier molecular flexibility index (Phi) is 5.85. The normalized spacial score (nSPS) is 10.5. The number of anilines is 1. The van der Waals surface area contributed by atoms with Gasteiger partial charge in [-0.2, -0.15) is 0 Å². The van der Waals surface area contributed by atoms with Crippen LogP contribution in [0.25, 0.3) is 6.08 Å². The smallest absolute Gasteiger partial charge is 0.433 e. The topological polar surface area (TPSA) is 112 Å². The standard InChI is InChI=1S/C15H11BrN2O6/c16-10-1-3-11(4-2-10)17-13(19)9-23-15(20)8-6-12-5-7-14(24-12)18(21)22/h1-8H,9H2,(H,17,19)/b8-6+. The van der Waals surface area contributed by atoms with E-state index in [-0.39, 0.29) is 5.76 Å². The van der Waals surface area contributed by atoms with Crippen LogP contribution in [0, 0.1) is 10.1 Å². The second kappa shape index (κ2) is 8.06. The number of hydrogen-bond acceptors (Lipinski definition) is 6. The summed E-state index contributed by atoms with van der Waals surface area (Å²) in [4.78, 5) is 32.9. The number of benzene rings is 1. The molecule has 2 rings (SSSR count). The van der Waals surface area contributed by atoms with E-state index < -0.39 is 29.3 Å². The summed E-state index contributed by atoms with van der Waals surface area (Å²) >= 11 is 3.27. The molecule has 0 radical (unpaired) electrons. The Bertz CT molecular complexity index is 782. The highest BCUT2D eigenvalue weighted by molar-refractivity contribution is 9.10. The van der Waals surface area contributed by atoms with Gasteiger partial charge in [0.15, 0.2) is 6.61 Å². The van der Waals surface area contributed by atoms with E-state index in [1.54, 1.807) is 24.3 Å². The van der Waals surface area contributed by atoms with E-state index in [9.17, 15) is 19.7 Å². The number of ether oxygens (including phenoxy) is 1. The lowest BCUT2D eigenvalue weighted by Gasteiger charge is -2.05. The number of nitrogens with one attached hydrogen (secondary N) is 1. The first-order valence-corrected chi connectivity index (χ1v) is 7.38. The quantitative estimate of drug-likeness (QED) is 0.348. The van der Waals surface area contributed by atoms with E-state index in [4.69, 9.17) is 9.15 Å². The van der Waals surface area contributed by atoms with Gasteiger partial charge >= 0.3 is 11.9 Å². The van der Waals surface area contributed by atoms with Crippen molar-refractivity contribution in [3.8, 4) is 0 Å². The van der Waals surface area contributed by atoms with Crippen LogP contribution in [0.1, 0.15) is 5.76 Å². The fraction of sp³-hybridized carbons (Fsp3) is 0.0667. The Morgan fingerprint density at radius 2 is 1.96 bits per heavy atom. The van der Waals surface area contributed by atoms with E-state index in [0.717, 1.165) is 16.6 Å². The molecule has 0 unspecified atom stereocenters. The average molecular weight is 395 g/mol. The molecule has 0 aliphatic rings. The molecule has 0 atom stereocenters. The summed E-state index contributed by atoms with van der Waals surface area (Å²) in [6, 6.07) is 9.39. The third-order valence-corrected chi connectivity index (χ3v) is 3.18. The predicted molar refractivity (Wildman–Crippen MR) is 88.1 cm³/mol. The number of nitro groups is 1. The van der Waals surface area contributed by atoms with Gasteiger partial charge in [-0.3, -0.25) is 14.9 Å². The third-order valence-electron chi connectivity index (χ3n) is 2.65. The summed E-state index contributed by atoms with van der Waals surface area (Å²) in [5, 5.41) is 13.0. The zero-order valence-electron chi connectivity index (χ0n) is 12.1. The van der Waals surface area contributed by atoms with Crippen molar-refractivity contribution in [3.63, 3.8) is 0 Å². The van der Waals surface area contributed by atoms with E-state index in [1.165, 1.54) is 12.1 Å².